The second kappa shape index (κ2) is 67.0. The van der Waals surface area contributed by atoms with Crippen molar-refractivity contribution in [1.29, 1.82) is 0 Å². The molecule has 1 amide bonds. The highest BCUT2D eigenvalue weighted by molar-refractivity contribution is 7.47. The third-order valence-electron chi connectivity index (χ3n) is 15.6. The van der Waals surface area contributed by atoms with Gasteiger partial charge in [0.05, 0.1) is 39.9 Å². The molecule has 0 heterocycles. The first kappa shape index (κ1) is 83.6. The SMILES string of the molecule is CC/C=C\C/C=C\C/C=C\C/C=C\C/C=C\C/C=C\C/C=C\C/C=C\C/C=C\CCCCCCCCCCCCCC(=O)NC(COP(=O)(O)OCC[N+](C)(C)C)C(O)/C=C/CC/C=C/CCCCCCCCCCCCCCCCCCCCCC. The van der Waals surface area contributed by atoms with Gasteiger partial charge < -0.3 is 19.8 Å². The van der Waals surface area contributed by atoms with Crippen LogP contribution in [0.4, 0.5) is 0 Å². The number of hydrogen-bond acceptors (Lipinski definition) is 5. The highest BCUT2D eigenvalue weighted by Gasteiger charge is 2.28. The van der Waals surface area contributed by atoms with Gasteiger partial charge in [0.2, 0.25) is 5.91 Å². The molecule has 0 saturated heterocycles. The molecule has 3 atom stereocenters. The molecule has 3 unspecified atom stereocenters. The Morgan fingerprint density at radius 1 is 0.402 bits per heavy atom. The molecule has 500 valence electrons. The standard InChI is InChI=1S/C78H137N2O6P/c1-6-8-10-12-14-16-18-20-22-24-26-28-30-32-34-35-36-37-38-39-40-41-42-43-44-45-46-48-50-52-54-56-58-60-62-64-66-68-70-72-78(82)79-76(75-86-87(83,84)85-74-73-80(3,4)5)77(81)71-69-67-65-63-61-59-57-55-53-51-49-47-33-31-29-27-25-23-21-19-17-15-13-11-9-7-2/h8,10,14,16,20,22,26,28,32,34,36-37,39-40,42-43,45-46,61,63,69,71,76-77,81H,6-7,9,11-13,15,17-19,21,23-25,27,29-31,33,35,38,41,44,47-60,62,64-68,70,72-75H2,1-5H3,(H-,79,82,83,84)/p+1/b10-8-,16-14-,22-20-,28-26-,34-32-,37-36-,40-39-,43-42-,46-45-,63-61+,71-69+. The van der Waals surface area contributed by atoms with Crippen LogP contribution in [-0.2, 0) is 18.4 Å². The van der Waals surface area contributed by atoms with Crippen LogP contribution in [0, 0.1) is 0 Å². The van der Waals surface area contributed by atoms with Gasteiger partial charge in [0.1, 0.15) is 13.2 Å². The van der Waals surface area contributed by atoms with E-state index in [0.717, 1.165) is 96.3 Å². The Bertz CT molecular complexity index is 1880. The summed E-state index contributed by atoms with van der Waals surface area (Å²) < 4.78 is 23.8. The summed E-state index contributed by atoms with van der Waals surface area (Å²) in [5.74, 6) is -0.192. The van der Waals surface area contributed by atoms with E-state index in [4.69, 9.17) is 9.05 Å². The van der Waals surface area contributed by atoms with Crippen LogP contribution in [0.15, 0.2) is 134 Å². The lowest BCUT2D eigenvalue weighted by Crippen LogP contribution is -2.45. The number of allylic oxidation sites excluding steroid dienone is 21. The Balaban J connectivity index is 4.13. The minimum atomic E-state index is -4.37. The van der Waals surface area contributed by atoms with Gasteiger partial charge >= 0.3 is 7.82 Å². The van der Waals surface area contributed by atoms with Crippen molar-refractivity contribution in [3.05, 3.63) is 134 Å². The van der Waals surface area contributed by atoms with Crippen molar-refractivity contribution in [3.63, 3.8) is 0 Å². The average Bonchev–Trinajstić information content (AvgIpc) is 3.69. The molecule has 8 nitrogen and oxygen atoms in total. The number of aliphatic hydroxyl groups excluding tert-OH is 1. The molecule has 0 saturated carbocycles. The van der Waals surface area contributed by atoms with Gasteiger partial charge in [-0.15, -0.1) is 0 Å². The number of aliphatic hydroxyl groups is 1. The molecule has 0 aliphatic heterocycles. The van der Waals surface area contributed by atoms with Crippen LogP contribution < -0.4 is 5.32 Å². The minimum absolute atomic E-state index is 0.0503. The number of quaternary nitrogens is 1. The minimum Gasteiger partial charge on any atom is -0.387 e. The van der Waals surface area contributed by atoms with Crippen molar-refractivity contribution >= 4 is 13.7 Å². The highest BCUT2D eigenvalue weighted by Crippen LogP contribution is 2.43. The quantitative estimate of drug-likeness (QED) is 0.0243. The lowest BCUT2D eigenvalue weighted by Gasteiger charge is -2.25. The number of carbonyl (C=O) groups is 1. The van der Waals surface area contributed by atoms with Crippen LogP contribution >= 0.6 is 7.82 Å². The van der Waals surface area contributed by atoms with Crippen molar-refractivity contribution in [2.45, 2.75) is 315 Å². The van der Waals surface area contributed by atoms with Crippen molar-refractivity contribution in [2.75, 3.05) is 40.9 Å². The van der Waals surface area contributed by atoms with E-state index >= 15 is 0 Å². The Hall–Kier alpha value is -3.36. The van der Waals surface area contributed by atoms with Crippen molar-refractivity contribution in [1.82, 2.24) is 5.32 Å². The van der Waals surface area contributed by atoms with Gasteiger partial charge in [-0.25, -0.2) is 4.57 Å². The predicted octanol–water partition coefficient (Wildman–Crippen LogP) is 23.4. The van der Waals surface area contributed by atoms with Crippen LogP contribution in [-0.4, -0.2) is 73.4 Å². The van der Waals surface area contributed by atoms with Gasteiger partial charge in [0.15, 0.2) is 0 Å². The largest absolute Gasteiger partial charge is 0.472 e. The number of amides is 1. The molecule has 0 fully saturated rings. The van der Waals surface area contributed by atoms with Crippen molar-refractivity contribution < 1.29 is 32.9 Å². The molecule has 0 aromatic rings. The van der Waals surface area contributed by atoms with E-state index in [1.54, 1.807) is 6.08 Å². The number of phosphoric ester groups is 1. The fourth-order valence-corrected chi connectivity index (χ4v) is 10.8. The van der Waals surface area contributed by atoms with Crippen molar-refractivity contribution in [2.24, 2.45) is 0 Å². The van der Waals surface area contributed by atoms with E-state index < -0.39 is 20.0 Å². The zero-order chi connectivity index (χ0) is 63.4. The van der Waals surface area contributed by atoms with Gasteiger partial charge in [-0.1, -0.05) is 327 Å². The van der Waals surface area contributed by atoms with Gasteiger partial charge in [0.25, 0.3) is 0 Å². The number of unbranched alkanes of at least 4 members (excludes halogenated alkanes) is 32. The molecular formula is C78H138N2O6P+. The zero-order valence-electron chi connectivity index (χ0n) is 57.2. The molecule has 0 radical (unpaired) electrons. The van der Waals surface area contributed by atoms with E-state index in [1.165, 1.54) is 186 Å². The van der Waals surface area contributed by atoms with E-state index in [0.29, 0.717) is 17.4 Å². The van der Waals surface area contributed by atoms with Gasteiger partial charge in [-0.2, -0.15) is 0 Å². The number of phosphoric acid groups is 1. The Kier molecular flexibility index (Phi) is 64.5. The molecule has 87 heavy (non-hydrogen) atoms. The Labute approximate surface area is 538 Å². The van der Waals surface area contributed by atoms with E-state index in [9.17, 15) is 19.4 Å². The van der Waals surface area contributed by atoms with Crippen LogP contribution in [0.2, 0.25) is 0 Å². The van der Waals surface area contributed by atoms with Gasteiger partial charge in [0, 0.05) is 6.42 Å². The second-order valence-electron chi connectivity index (χ2n) is 25.2. The third-order valence-corrected chi connectivity index (χ3v) is 16.6. The van der Waals surface area contributed by atoms with Crippen molar-refractivity contribution in [3.8, 4) is 0 Å². The summed E-state index contributed by atoms with van der Waals surface area (Å²) in [6.45, 7) is 4.70. The van der Waals surface area contributed by atoms with E-state index in [1.807, 2.05) is 27.2 Å². The number of likely N-dealkylation sites (N-methyl/N-ethyl adjacent to an activating group) is 1. The number of carbonyl (C=O) groups excluding carboxylic acids is 1. The molecule has 3 N–H and O–H groups in total. The first-order valence-corrected chi connectivity index (χ1v) is 37.6. The number of rotatable bonds is 65. The third kappa shape index (κ3) is 70.0. The molecule has 0 aromatic heterocycles. The summed E-state index contributed by atoms with van der Waals surface area (Å²) in [5.41, 5.74) is 0. The normalized spacial score (nSPS) is 14.4. The lowest BCUT2D eigenvalue weighted by molar-refractivity contribution is -0.870. The smallest absolute Gasteiger partial charge is 0.387 e. The number of hydrogen-bond donors (Lipinski definition) is 3. The van der Waals surface area contributed by atoms with Crippen LogP contribution in [0.1, 0.15) is 303 Å². The maximum absolute atomic E-state index is 13.1. The predicted molar refractivity (Wildman–Crippen MR) is 382 cm³/mol. The molecule has 0 rings (SSSR count). The molecule has 0 bridgehead atoms. The van der Waals surface area contributed by atoms with E-state index in [2.05, 4.69) is 141 Å². The Morgan fingerprint density at radius 2 is 0.701 bits per heavy atom. The van der Waals surface area contributed by atoms with Gasteiger partial charge in [-0.05, 0) is 103 Å². The molecule has 9 heteroatoms. The maximum atomic E-state index is 13.1. The monoisotopic (exact) mass is 1230 g/mol. The highest BCUT2D eigenvalue weighted by atomic mass is 31.2. The van der Waals surface area contributed by atoms with Gasteiger partial charge in [-0.3, -0.25) is 13.8 Å². The van der Waals surface area contributed by atoms with Crippen LogP contribution in [0.3, 0.4) is 0 Å². The summed E-state index contributed by atoms with van der Waals surface area (Å²) in [5, 5.41) is 14.0. The zero-order valence-corrected chi connectivity index (χ0v) is 58.1. The second-order valence-corrected chi connectivity index (χ2v) is 26.7. The summed E-state index contributed by atoms with van der Waals surface area (Å²) in [4.78, 5) is 23.4. The number of nitrogens with one attached hydrogen (secondary N) is 1. The summed E-state index contributed by atoms with van der Waals surface area (Å²) in [6.07, 6.45) is 102. The molecule has 0 spiro atoms. The summed E-state index contributed by atoms with van der Waals surface area (Å²) in [7, 11) is 1.54. The van der Waals surface area contributed by atoms with E-state index in [-0.39, 0.29) is 19.1 Å². The topological polar surface area (TPSA) is 105 Å². The van der Waals surface area contributed by atoms with Crippen LogP contribution in [0.5, 0.6) is 0 Å². The fourth-order valence-electron chi connectivity index (χ4n) is 10.1. The lowest BCUT2D eigenvalue weighted by atomic mass is 10.0. The molecular weight excluding hydrogens is 1090 g/mol. The summed E-state index contributed by atoms with van der Waals surface area (Å²) >= 11 is 0. The maximum Gasteiger partial charge on any atom is 0.472 e. The molecule has 0 aliphatic carbocycles. The fraction of sp³-hybridized carbons (Fsp3) is 0.705. The molecule has 0 aliphatic rings. The summed E-state index contributed by atoms with van der Waals surface area (Å²) in [6, 6.07) is -0.875. The Morgan fingerprint density at radius 3 is 1.06 bits per heavy atom. The first-order chi connectivity index (χ1) is 42.5. The van der Waals surface area contributed by atoms with Crippen LogP contribution in [0.25, 0.3) is 0 Å². The first-order valence-electron chi connectivity index (χ1n) is 36.1. The number of nitrogens with zero attached hydrogens (tertiary/aromatic N) is 1. The average molecular weight is 1230 g/mol. The molecule has 0 aromatic carbocycles.